The third-order valence-electron chi connectivity index (χ3n) is 6.44. The Balaban J connectivity index is 1.33. The molecule has 9 nitrogen and oxygen atoms in total. The van der Waals surface area contributed by atoms with Crippen molar-refractivity contribution in [2.45, 2.75) is 55.3 Å². The van der Waals surface area contributed by atoms with Crippen LogP contribution in [-0.2, 0) is 17.8 Å². The molecule has 1 atom stereocenters. The van der Waals surface area contributed by atoms with E-state index >= 15 is 0 Å². The molecule has 0 saturated carbocycles. The minimum atomic E-state index is -0.936. The van der Waals surface area contributed by atoms with Crippen molar-refractivity contribution in [2.75, 3.05) is 25.4 Å². The van der Waals surface area contributed by atoms with E-state index in [0.717, 1.165) is 60.3 Å². The molecule has 0 spiro atoms. The number of ether oxygens (including phenoxy) is 1. The molecule has 0 unspecified atom stereocenters. The molecule has 33 heavy (non-hydrogen) atoms. The maximum Gasteiger partial charge on any atom is 0.251 e. The zero-order chi connectivity index (χ0) is 22.9. The van der Waals surface area contributed by atoms with Crippen LogP contribution in [0.4, 0.5) is 5.82 Å². The monoisotopic (exact) mass is 468 g/mol. The van der Waals surface area contributed by atoms with E-state index in [-0.39, 0.29) is 5.91 Å². The highest BCUT2D eigenvalue weighted by Crippen LogP contribution is 2.35. The van der Waals surface area contributed by atoms with Crippen molar-refractivity contribution in [3.8, 4) is 5.75 Å². The number of anilines is 1. The van der Waals surface area contributed by atoms with Crippen molar-refractivity contribution >= 4 is 34.7 Å². The molecule has 0 aliphatic carbocycles. The van der Waals surface area contributed by atoms with E-state index < -0.39 is 6.10 Å². The molecule has 174 valence electrons. The number of carbonyl (C=O) groups excluding carboxylic acids is 1. The fourth-order valence-electron chi connectivity index (χ4n) is 4.56. The van der Waals surface area contributed by atoms with Gasteiger partial charge in [-0.15, -0.1) is 0 Å². The molecule has 3 N–H and O–H groups in total. The predicted octanol–water partition coefficient (Wildman–Crippen LogP) is 2.50. The van der Waals surface area contributed by atoms with Crippen molar-refractivity contribution in [2.24, 2.45) is 5.92 Å². The summed E-state index contributed by atoms with van der Waals surface area (Å²) in [6.07, 6.45) is 4.28. The molecule has 2 aliphatic heterocycles. The molecule has 4 heterocycles. The molecule has 10 heteroatoms. The van der Waals surface area contributed by atoms with Crippen molar-refractivity contribution in [1.82, 2.24) is 24.4 Å². The SMILES string of the molecule is C[C@@H](O)C(=O)N1CCC(CCn2c(Sc3ccc4c(c3)CCO4)nc3c(N)ncnc32)CC1. The van der Waals surface area contributed by atoms with Crippen LogP contribution in [-0.4, -0.2) is 61.2 Å². The summed E-state index contributed by atoms with van der Waals surface area (Å²) in [5.41, 5.74) is 8.70. The van der Waals surface area contributed by atoms with Crippen LogP contribution in [0.25, 0.3) is 11.2 Å². The fourth-order valence-corrected chi connectivity index (χ4v) is 5.54. The lowest BCUT2D eigenvalue weighted by atomic mass is 9.93. The van der Waals surface area contributed by atoms with Crippen LogP contribution in [0.3, 0.4) is 0 Å². The maximum absolute atomic E-state index is 12.0. The summed E-state index contributed by atoms with van der Waals surface area (Å²) in [6.45, 7) is 4.40. The summed E-state index contributed by atoms with van der Waals surface area (Å²) < 4.78 is 7.76. The minimum absolute atomic E-state index is 0.181. The number of likely N-dealkylation sites (tertiary alicyclic amines) is 1. The smallest absolute Gasteiger partial charge is 0.251 e. The fraction of sp³-hybridized carbons (Fsp3) is 0.478. The average molecular weight is 469 g/mol. The third kappa shape index (κ3) is 4.49. The van der Waals surface area contributed by atoms with Gasteiger partial charge in [0.2, 0.25) is 0 Å². The Morgan fingerprint density at radius 3 is 2.94 bits per heavy atom. The number of hydrogen-bond acceptors (Lipinski definition) is 8. The van der Waals surface area contributed by atoms with Crippen molar-refractivity contribution in [3.05, 3.63) is 30.1 Å². The van der Waals surface area contributed by atoms with Gasteiger partial charge in [0.15, 0.2) is 22.1 Å². The number of carbonyl (C=O) groups is 1. The number of aryl methyl sites for hydroxylation is 1. The van der Waals surface area contributed by atoms with Crippen molar-refractivity contribution in [1.29, 1.82) is 0 Å². The summed E-state index contributed by atoms with van der Waals surface area (Å²) in [5.74, 6) is 1.66. The molecule has 3 aromatic rings. The summed E-state index contributed by atoms with van der Waals surface area (Å²) in [7, 11) is 0. The highest BCUT2D eigenvalue weighted by Gasteiger charge is 2.26. The Morgan fingerprint density at radius 1 is 1.33 bits per heavy atom. The largest absolute Gasteiger partial charge is 0.493 e. The van der Waals surface area contributed by atoms with Gasteiger partial charge in [-0.2, -0.15) is 0 Å². The zero-order valence-electron chi connectivity index (χ0n) is 18.6. The lowest BCUT2D eigenvalue weighted by molar-refractivity contribution is -0.140. The Morgan fingerprint density at radius 2 is 2.15 bits per heavy atom. The lowest BCUT2D eigenvalue weighted by Crippen LogP contribution is -2.43. The molecule has 1 amide bonds. The van der Waals surface area contributed by atoms with Crippen LogP contribution in [0.5, 0.6) is 5.75 Å². The van der Waals surface area contributed by atoms with E-state index in [0.29, 0.717) is 30.3 Å². The number of benzene rings is 1. The molecule has 2 aromatic heterocycles. The van der Waals surface area contributed by atoms with Gasteiger partial charge in [-0.05, 0) is 55.9 Å². The number of piperidine rings is 1. The number of hydrogen-bond donors (Lipinski definition) is 2. The minimum Gasteiger partial charge on any atom is -0.493 e. The Kier molecular flexibility index (Phi) is 6.11. The first kappa shape index (κ1) is 22.0. The predicted molar refractivity (Wildman–Crippen MR) is 125 cm³/mol. The van der Waals surface area contributed by atoms with E-state index in [1.807, 2.05) is 6.07 Å². The molecule has 1 fully saturated rings. The van der Waals surface area contributed by atoms with Crippen LogP contribution in [0.1, 0.15) is 31.7 Å². The van der Waals surface area contributed by atoms with E-state index in [1.165, 1.54) is 18.8 Å². The average Bonchev–Trinajstić information content (AvgIpc) is 3.42. The molecule has 2 aliphatic rings. The van der Waals surface area contributed by atoms with E-state index in [1.54, 1.807) is 16.7 Å². The topological polar surface area (TPSA) is 119 Å². The van der Waals surface area contributed by atoms with Gasteiger partial charge < -0.3 is 25.0 Å². The van der Waals surface area contributed by atoms with Crippen molar-refractivity contribution in [3.63, 3.8) is 0 Å². The third-order valence-corrected chi connectivity index (χ3v) is 7.42. The Bertz CT molecular complexity index is 1170. The Hall–Kier alpha value is -2.85. The molecule has 0 bridgehead atoms. The maximum atomic E-state index is 12.0. The van der Waals surface area contributed by atoms with Crippen LogP contribution >= 0.6 is 11.8 Å². The zero-order valence-corrected chi connectivity index (χ0v) is 19.4. The van der Waals surface area contributed by atoms with E-state index in [4.69, 9.17) is 15.5 Å². The molecule has 5 rings (SSSR count). The van der Waals surface area contributed by atoms with E-state index in [2.05, 4.69) is 26.7 Å². The first-order valence-electron chi connectivity index (χ1n) is 11.4. The number of rotatable bonds is 6. The Labute approximate surface area is 196 Å². The van der Waals surface area contributed by atoms with Crippen LogP contribution in [0.15, 0.2) is 34.6 Å². The lowest BCUT2D eigenvalue weighted by Gasteiger charge is -2.32. The first-order valence-corrected chi connectivity index (χ1v) is 12.2. The number of aliphatic hydroxyl groups excluding tert-OH is 1. The second-order valence-corrected chi connectivity index (χ2v) is 9.72. The van der Waals surface area contributed by atoms with Gasteiger partial charge in [0.05, 0.1) is 6.61 Å². The summed E-state index contributed by atoms with van der Waals surface area (Å²) >= 11 is 1.60. The summed E-state index contributed by atoms with van der Waals surface area (Å²) in [6, 6.07) is 6.25. The van der Waals surface area contributed by atoms with Crippen LogP contribution in [0.2, 0.25) is 0 Å². The molecule has 1 saturated heterocycles. The van der Waals surface area contributed by atoms with Gasteiger partial charge >= 0.3 is 0 Å². The molecular formula is C23H28N6O3S. The van der Waals surface area contributed by atoms with Gasteiger partial charge in [-0.3, -0.25) is 4.79 Å². The number of aromatic nitrogens is 4. The normalized spacial score (nSPS) is 17.2. The van der Waals surface area contributed by atoms with Gasteiger partial charge in [-0.1, -0.05) is 11.8 Å². The highest BCUT2D eigenvalue weighted by atomic mass is 32.2. The highest BCUT2D eigenvalue weighted by molar-refractivity contribution is 7.99. The second kappa shape index (κ2) is 9.18. The standard InChI is InChI=1S/C23H28N6O3S/c1-14(30)22(31)28-8-4-15(5-9-28)6-10-29-21-19(20(24)25-13-26-21)27-23(29)33-17-2-3-18-16(12-17)7-11-32-18/h2-3,12-15,30H,4-11H2,1H3,(H2,24,25,26)/t14-/m1/s1. The quantitative estimate of drug-likeness (QED) is 0.566. The number of fused-ring (bicyclic) bond motifs is 2. The van der Waals surface area contributed by atoms with Gasteiger partial charge in [0, 0.05) is 31.0 Å². The van der Waals surface area contributed by atoms with Gasteiger partial charge in [-0.25, -0.2) is 15.0 Å². The molecule has 1 aromatic carbocycles. The first-order chi connectivity index (χ1) is 16.0. The summed E-state index contributed by atoms with van der Waals surface area (Å²) in [5, 5.41) is 10.4. The van der Waals surface area contributed by atoms with Crippen molar-refractivity contribution < 1.29 is 14.6 Å². The number of amides is 1. The molecular weight excluding hydrogens is 440 g/mol. The van der Waals surface area contributed by atoms with Crippen LogP contribution < -0.4 is 10.5 Å². The van der Waals surface area contributed by atoms with Gasteiger partial charge in [0.25, 0.3) is 5.91 Å². The number of nitrogens with two attached hydrogens (primary N) is 1. The number of nitrogens with zero attached hydrogens (tertiary/aromatic N) is 5. The van der Waals surface area contributed by atoms with E-state index in [9.17, 15) is 9.90 Å². The number of aliphatic hydroxyl groups is 1. The number of imidazole rings is 1. The summed E-state index contributed by atoms with van der Waals surface area (Å²) in [4.78, 5) is 28.3. The van der Waals surface area contributed by atoms with Gasteiger partial charge in [0.1, 0.15) is 18.2 Å². The molecule has 0 radical (unpaired) electrons. The number of nitrogen functional groups attached to an aromatic ring is 1. The second-order valence-electron chi connectivity index (χ2n) is 8.68. The van der Waals surface area contributed by atoms with Crippen LogP contribution in [0, 0.1) is 5.92 Å².